The van der Waals surface area contributed by atoms with Crippen LogP contribution in [0.25, 0.3) is 99.1 Å². The Hall–Kier alpha value is -6.70. The Bertz CT molecular complexity index is 3350. The van der Waals surface area contributed by atoms with Crippen LogP contribution in [0.4, 0.5) is 0 Å². The molecule has 0 fully saturated rings. The van der Waals surface area contributed by atoms with Gasteiger partial charge in [-0.15, -0.1) is 0 Å². The maximum absolute atomic E-state index is 6.74. The van der Waals surface area contributed by atoms with Crippen LogP contribution < -0.4 is 0 Å². The van der Waals surface area contributed by atoms with Gasteiger partial charge in [-0.2, -0.15) is 0 Å². The molecule has 0 saturated heterocycles. The normalized spacial score (nSPS) is 14.6. The minimum atomic E-state index is -0.0763. The van der Waals surface area contributed by atoms with Gasteiger partial charge in [0.2, 0.25) is 0 Å². The van der Waals surface area contributed by atoms with Gasteiger partial charge in [0.15, 0.2) is 0 Å². The van der Waals surface area contributed by atoms with Crippen LogP contribution in [0.5, 0.6) is 0 Å². The summed E-state index contributed by atoms with van der Waals surface area (Å²) in [5.41, 5.74) is 19.9. The Morgan fingerprint density at radius 1 is 0.316 bits per heavy atom. The van der Waals surface area contributed by atoms with Gasteiger partial charge in [0.25, 0.3) is 0 Å². The summed E-state index contributed by atoms with van der Waals surface area (Å²) in [6.07, 6.45) is 0. The average Bonchev–Trinajstić information content (AvgIpc) is 3.82. The van der Waals surface area contributed by atoms with E-state index in [0.717, 1.165) is 27.5 Å². The van der Waals surface area contributed by atoms with Gasteiger partial charge in [-0.25, -0.2) is 0 Å². The highest BCUT2D eigenvalue weighted by molar-refractivity contribution is 6.25. The molecular weight excluding hydrogens is 689 g/mol. The molecule has 1 heterocycles. The summed E-state index contributed by atoms with van der Waals surface area (Å²) >= 11 is 0. The van der Waals surface area contributed by atoms with Gasteiger partial charge in [0, 0.05) is 32.7 Å². The molecule has 0 unspecified atom stereocenters. The minimum Gasteiger partial charge on any atom is -0.455 e. The molecule has 2 aliphatic rings. The second-order valence-corrected chi connectivity index (χ2v) is 17.2. The van der Waals surface area contributed by atoms with Crippen molar-refractivity contribution in [1.29, 1.82) is 0 Å². The Morgan fingerprint density at radius 3 is 1.63 bits per heavy atom. The fourth-order valence-corrected chi connectivity index (χ4v) is 10.7. The van der Waals surface area contributed by atoms with Gasteiger partial charge in [0.1, 0.15) is 11.2 Å². The molecule has 12 rings (SSSR count). The standard InChI is InChI=1S/C56H40O/c1-55(2)48-22-11-8-15-37(48)45-31-35(26-29-49(45)55)52-40-17-5-6-18-41(40)53(44-20-13-19-43-39-16-9-12-23-51(39)57-54(43)44)42-28-25-33(30-46(42)52)34-24-27-38-36-14-7-10-21-47(36)56(3,4)50(38)32-34/h5-32H,1-4H3. The van der Waals surface area contributed by atoms with Crippen LogP contribution >= 0.6 is 0 Å². The number of fused-ring (bicyclic) bond motifs is 11. The largest absolute Gasteiger partial charge is 0.455 e. The Morgan fingerprint density at radius 2 is 0.842 bits per heavy atom. The van der Waals surface area contributed by atoms with Crippen molar-refractivity contribution in [3.05, 3.63) is 192 Å². The SMILES string of the molecule is CC1(C)c2ccccc2-c2cc(-c3c4ccccc4c(-c4cccc5c4oc4ccccc45)c4ccc(-c5ccc6c(c5)C(C)(C)c5ccccc5-6)cc34)ccc21. The molecule has 57 heavy (non-hydrogen) atoms. The zero-order chi connectivity index (χ0) is 38.2. The van der Waals surface area contributed by atoms with E-state index in [-0.39, 0.29) is 10.8 Å². The third-order valence-electron chi connectivity index (χ3n) is 13.5. The molecule has 1 nitrogen and oxygen atoms in total. The number of para-hydroxylation sites is 2. The summed E-state index contributed by atoms with van der Waals surface area (Å²) in [7, 11) is 0. The highest BCUT2D eigenvalue weighted by Gasteiger charge is 2.37. The fraction of sp³-hybridized carbons (Fsp3) is 0.107. The van der Waals surface area contributed by atoms with Gasteiger partial charge in [-0.1, -0.05) is 173 Å². The van der Waals surface area contributed by atoms with Gasteiger partial charge < -0.3 is 4.42 Å². The molecule has 0 atom stereocenters. The second-order valence-electron chi connectivity index (χ2n) is 17.2. The topological polar surface area (TPSA) is 13.1 Å². The third-order valence-corrected chi connectivity index (χ3v) is 13.5. The summed E-state index contributed by atoms with van der Waals surface area (Å²) < 4.78 is 6.74. The predicted molar refractivity (Wildman–Crippen MR) is 240 cm³/mol. The first-order chi connectivity index (χ1) is 27.8. The summed E-state index contributed by atoms with van der Waals surface area (Å²) in [5.74, 6) is 0. The molecule has 2 aliphatic carbocycles. The highest BCUT2D eigenvalue weighted by atomic mass is 16.3. The zero-order valence-electron chi connectivity index (χ0n) is 32.6. The lowest BCUT2D eigenvalue weighted by Gasteiger charge is -2.23. The quantitative estimate of drug-likeness (QED) is 0.165. The molecular formula is C56H40O. The molecule has 0 bridgehead atoms. The molecule has 9 aromatic carbocycles. The Kier molecular flexibility index (Phi) is 6.53. The van der Waals surface area contributed by atoms with Gasteiger partial charge in [0.05, 0.1) is 0 Å². The van der Waals surface area contributed by atoms with Gasteiger partial charge in [-0.05, 0) is 113 Å². The molecule has 0 saturated carbocycles. The fourth-order valence-electron chi connectivity index (χ4n) is 10.7. The number of benzene rings is 9. The first-order valence-corrected chi connectivity index (χ1v) is 20.2. The van der Waals surface area contributed by atoms with Crippen LogP contribution in [0.1, 0.15) is 49.9 Å². The van der Waals surface area contributed by atoms with E-state index in [4.69, 9.17) is 4.42 Å². The van der Waals surface area contributed by atoms with E-state index in [1.807, 2.05) is 0 Å². The van der Waals surface area contributed by atoms with E-state index in [2.05, 4.69) is 198 Å². The van der Waals surface area contributed by atoms with Crippen molar-refractivity contribution in [3.63, 3.8) is 0 Å². The smallest absolute Gasteiger partial charge is 0.143 e. The van der Waals surface area contributed by atoms with Gasteiger partial charge >= 0.3 is 0 Å². The lowest BCUT2D eigenvalue weighted by atomic mass is 9.80. The van der Waals surface area contributed by atoms with Crippen molar-refractivity contribution in [1.82, 2.24) is 0 Å². The van der Waals surface area contributed by atoms with Crippen molar-refractivity contribution >= 4 is 43.5 Å². The maximum atomic E-state index is 6.74. The van der Waals surface area contributed by atoms with Crippen molar-refractivity contribution in [2.45, 2.75) is 38.5 Å². The van der Waals surface area contributed by atoms with Crippen LogP contribution in [0.2, 0.25) is 0 Å². The number of hydrogen-bond donors (Lipinski definition) is 0. The van der Waals surface area contributed by atoms with E-state index in [0.29, 0.717) is 0 Å². The summed E-state index contributed by atoms with van der Waals surface area (Å²) in [6.45, 7) is 9.45. The van der Waals surface area contributed by atoms with Crippen LogP contribution in [0.3, 0.4) is 0 Å². The molecule has 0 aliphatic heterocycles. The first kappa shape index (κ1) is 32.5. The molecule has 0 N–H and O–H groups in total. The molecule has 1 heteroatoms. The van der Waals surface area contributed by atoms with E-state index in [1.54, 1.807) is 0 Å². The Labute approximate surface area is 332 Å². The summed E-state index contributed by atoms with van der Waals surface area (Å²) in [4.78, 5) is 0. The van der Waals surface area contributed by atoms with Crippen molar-refractivity contribution in [2.75, 3.05) is 0 Å². The molecule has 270 valence electrons. The third kappa shape index (κ3) is 4.40. The van der Waals surface area contributed by atoms with Crippen molar-refractivity contribution < 1.29 is 4.42 Å². The van der Waals surface area contributed by atoms with E-state index in [1.165, 1.54) is 93.9 Å². The lowest BCUT2D eigenvalue weighted by molar-refractivity contribution is 0.660. The number of rotatable bonds is 3. The monoisotopic (exact) mass is 728 g/mol. The molecule has 0 radical (unpaired) electrons. The molecule has 0 amide bonds. The average molecular weight is 729 g/mol. The van der Waals surface area contributed by atoms with Crippen molar-refractivity contribution in [3.8, 4) is 55.6 Å². The van der Waals surface area contributed by atoms with Crippen LogP contribution in [-0.4, -0.2) is 0 Å². The Balaban J connectivity index is 1.17. The molecule has 10 aromatic rings. The van der Waals surface area contributed by atoms with Crippen LogP contribution in [0.15, 0.2) is 174 Å². The lowest BCUT2D eigenvalue weighted by Crippen LogP contribution is -2.14. The minimum absolute atomic E-state index is 0.0576. The van der Waals surface area contributed by atoms with Crippen molar-refractivity contribution in [2.24, 2.45) is 0 Å². The zero-order valence-corrected chi connectivity index (χ0v) is 32.6. The van der Waals surface area contributed by atoms with E-state index >= 15 is 0 Å². The highest BCUT2D eigenvalue weighted by Crippen LogP contribution is 2.53. The molecule has 1 aromatic heterocycles. The molecule has 0 spiro atoms. The van der Waals surface area contributed by atoms with Crippen LogP contribution in [0, 0.1) is 0 Å². The van der Waals surface area contributed by atoms with Crippen LogP contribution in [-0.2, 0) is 10.8 Å². The summed E-state index contributed by atoms with van der Waals surface area (Å²) in [5, 5.41) is 7.20. The summed E-state index contributed by atoms with van der Waals surface area (Å²) in [6, 6.07) is 63.4. The number of furan rings is 1. The maximum Gasteiger partial charge on any atom is 0.143 e. The second kappa shape index (κ2) is 11.4. The predicted octanol–water partition coefficient (Wildman–Crippen LogP) is 15.5. The van der Waals surface area contributed by atoms with E-state index < -0.39 is 0 Å². The number of hydrogen-bond acceptors (Lipinski definition) is 1. The first-order valence-electron chi connectivity index (χ1n) is 20.2. The van der Waals surface area contributed by atoms with Gasteiger partial charge in [-0.3, -0.25) is 0 Å². The van der Waals surface area contributed by atoms with E-state index in [9.17, 15) is 0 Å².